The number of anilines is 1. The highest BCUT2D eigenvalue weighted by atomic mass is 35.5. The van der Waals surface area contributed by atoms with Crippen molar-refractivity contribution in [1.29, 1.82) is 0 Å². The molecule has 0 aliphatic carbocycles. The van der Waals surface area contributed by atoms with Crippen molar-refractivity contribution in [1.82, 2.24) is 4.83 Å². The Morgan fingerprint density at radius 2 is 1.75 bits per heavy atom. The maximum Gasteiger partial charge on any atom is 0.280 e. The van der Waals surface area contributed by atoms with Gasteiger partial charge in [0.25, 0.3) is 15.9 Å². The number of hydrazone groups is 1. The molecule has 0 fully saturated rings. The second kappa shape index (κ2) is 10.0. The maximum atomic E-state index is 12.7. The molecule has 2 N–H and O–H groups in total. The minimum Gasteiger partial charge on any atom is -0.497 e. The highest BCUT2D eigenvalue weighted by molar-refractivity contribution is 7.89. The molecule has 3 rings (SSSR count). The van der Waals surface area contributed by atoms with E-state index in [4.69, 9.17) is 21.1 Å². The Balaban J connectivity index is 1.71. The van der Waals surface area contributed by atoms with Gasteiger partial charge in [-0.2, -0.15) is 18.4 Å². The lowest BCUT2D eigenvalue weighted by Gasteiger charge is -2.11. The van der Waals surface area contributed by atoms with E-state index in [9.17, 15) is 13.2 Å². The fourth-order valence-electron chi connectivity index (χ4n) is 2.66. The zero-order valence-electron chi connectivity index (χ0n) is 17.4. The van der Waals surface area contributed by atoms with E-state index in [0.29, 0.717) is 31.9 Å². The Hall–Kier alpha value is -3.08. The number of halogens is 1. The van der Waals surface area contributed by atoms with E-state index in [-0.39, 0.29) is 16.6 Å². The number of carbonyl (C=O) groups is 1. The van der Waals surface area contributed by atoms with Gasteiger partial charge in [0.2, 0.25) is 0 Å². The normalized spacial score (nSPS) is 11.7. The molecule has 0 saturated carbocycles. The number of hydrogen-bond acceptors (Lipinski definition) is 7. The Bertz CT molecular complexity index is 1250. The Morgan fingerprint density at radius 3 is 2.34 bits per heavy atom. The topological polar surface area (TPSA) is 106 Å². The molecule has 1 amide bonds. The van der Waals surface area contributed by atoms with Crippen molar-refractivity contribution >= 4 is 50.3 Å². The lowest BCUT2D eigenvalue weighted by atomic mass is 10.1. The number of ether oxygens (including phenoxy) is 2. The summed E-state index contributed by atoms with van der Waals surface area (Å²) in [6.45, 7) is 1.66. The molecule has 0 aliphatic heterocycles. The monoisotopic (exact) mass is 493 g/mol. The van der Waals surface area contributed by atoms with E-state index in [1.165, 1.54) is 43.8 Å². The number of thiophene rings is 1. The summed E-state index contributed by atoms with van der Waals surface area (Å²) < 4.78 is 36.1. The lowest BCUT2D eigenvalue weighted by molar-refractivity contribution is 0.103. The van der Waals surface area contributed by atoms with E-state index in [1.807, 2.05) is 0 Å². The molecule has 1 heterocycles. The summed E-state index contributed by atoms with van der Waals surface area (Å²) in [5, 5.41) is 6.77. The van der Waals surface area contributed by atoms with Crippen LogP contribution in [-0.4, -0.2) is 34.3 Å². The number of carbonyl (C=O) groups excluding carboxylic acids is 1. The number of rotatable bonds is 8. The number of nitrogens with zero attached hydrogens (tertiary/aromatic N) is 1. The van der Waals surface area contributed by atoms with Crippen LogP contribution in [0.15, 0.2) is 64.6 Å². The predicted octanol–water partition coefficient (Wildman–Crippen LogP) is 4.37. The van der Waals surface area contributed by atoms with Gasteiger partial charge in [-0.15, -0.1) is 11.3 Å². The average molecular weight is 494 g/mol. The summed E-state index contributed by atoms with van der Waals surface area (Å²) in [5.41, 5.74) is 1.69. The van der Waals surface area contributed by atoms with Crippen LogP contribution < -0.4 is 19.6 Å². The van der Waals surface area contributed by atoms with Gasteiger partial charge in [-0.25, -0.2) is 0 Å². The summed E-state index contributed by atoms with van der Waals surface area (Å²) in [5.74, 6) is 0.341. The average Bonchev–Trinajstić information content (AvgIpc) is 3.24. The zero-order chi connectivity index (χ0) is 23.3. The molecule has 0 bridgehead atoms. The number of hydrogen-bond donors (Lipinski definition) is 2. The first kappa shape index (κ1) is 23.6. The van der Waals surface area contributed by atoms with Crippen LogP contribution in [0.3, 0.4) is 0 Å². The Labute approximate surface area is 194 Å². The third kappa shape index (κ3) is 5.58. The van der Waals surface area contributed by atoms with Crippen molar-refractivity contribution in [3.8, 4) is 11.5 Å². The van der Waals surface area contributed by atoms with Crippen LogP contribution in [0.25, 0.3) is 0 Å². The second-order valence-corrected chi connectivity index (χ2v) is 9.79. The highest BCUT2D eigenvalue weighted by Crippen LogP contribution is 2.28. The number of benzene rings is 2. The third-order valence-electron chi connectivity index (χ3n) is 4.35. The SMILES string of the molecule is COc1ccc(S(=O)(=O)N/N=C(/C)c2ccc(NC(=O)c3ccc(Cl)s3)cc2)c(OC)c1. The van der Waals surface area contributed by atoms with Gasteiger partial charge >= 0.3 is 0 Å². The molecule has 3 aromatic rings. The fourth-order valence-corrected chi connectivity index (χ4v) is 4.61. The number of nitrogens with one attached hydrogen (secondary N) is 2. The van der Waals surface area contributed by atoms with Gasteiger partial charge < -0.3 is 14.8 Å². The summed E-state index contributed by atoms with van der Waals surface area (Å²) in [7, 11) is -1.12. The molecule has 32 heavy (non-hydrogen) atoms. The van der Waals surface area contributed by atoms with Crippen molar-refractivity contribution in [3.05, 3.63) is 69.4 Å². The Morgan fingerprint density at radius 1 is 1.03 bits per heavy atom. The first-order chi connectivity index (χ1) is 15.2. The van der Waals surface area contributed by atoms with E-state index in [0.717, 1.165) is 0 Å². The van der Waals surface area contributed by atoms with Gasteiger partial charge in [0, 0.05) is 11.8 Å². The van der Waals surface area contributed by atoms with Gasteiger partial charge in [-0.3, -0.25) is 4.79 Å². The summed E-state index contributed by atoms with van der Waals surface area (Å²) in [6, 6.07) is 14.5. The minimum atomic E-state index is -3.97. The number of sulfonamides is 1. The Kier molecular flexibility index (Phi) is 7.39. The molecule has 0 aliphatic rings. The molecule has 2 aromatic carbocycles. The molecule has 0 unspecified atom stereocenters. The molecule has 8 nitrogen and oxygen atoms in total. The smallest absolute Gasteiger partial charge is 0.280 e. The van der Waals surface area contributed by atoms with Gasteiger partial charge in [-0.05, 0) is 48.9 Å². The largest absolute Gasteiger partial charge is 0.497 e. The molecule has 0 radical (unpaired) electrons. The van der Waals surface area contributed by atoms with Crippen molar-refractivity contribution in [2.24, 2.45) is 5.10 Å². The van der Waals surface area contributed by atoms with Crippen molar-refractivity contribution in [2.75, 3.05) is 19.5 Å². The number of methoxy groups -OCH3 is 2. The molecule has 0 spiro atoms. The van der Waals surface area contributed by atoms with Crippen LogP contribution in [0.4, 0.5) is 5.69 Å². The first-order valence-electron chi connectivity index (χ1n) is 9.18. The molecule has 1 aromatic heterocycles. The molecule has 0 saturated heterocycles. The van der Waals surface area contributed by atoms with E-state index < -0.39 is 10.0 Å². The standard InChI is InChI=1S/C21H20ClN3O5S2/c1-13(24-25-32(27,28)19-10-8-16(29-2)12-17(19)30-3)14-4-6-15(7-5-14)23-21(26)18-9-11-20(22)31-18/h4-12,25H,1-3H3,(H,23,26)/b24-13-. The molecule has 168 valence electrons. The van der Waals surface area contributed by atoms with Crippen LogP contribution in [0, 0.1) is 0 Å². The van der Waals surface area contributed by atoms with Gasteiger partial charge in [0.15, 0.2) is 0 Å². The summed E-state index contributed by atoms with van der Waals surface area (Å²) >= 11 is 7.05. The first-order valence-corrected chi connectivity index (χ1v) is 11.9. The molecular weight excluding hydrogens is 474 g/mol. The summed E-state index contributed by atoms with van der Waals surface area (Å²) in [6.07, 6.45) is 0. The fraction of sp³-hybridized carbons (Fsp3) is 0.143. The van der Waals surface area contributed by atoms with Crippen LogP contribution in [-0.2, 0) is 10.0 Å². The molecule has 0 atom stereocenters. The summed E-state index contributed by atoms with van der Waals surface area (Å²) in [4.78, 5) is 14.9. The van der Waals surface area contributed by atoms with Crippen molar-refractivity contribution in [2.45, 2.75) is 11.8 Å². The van der Waals surface area contributed by atoms with Crippen LogP contribution in [0.2, 0.25) is 4.34 Å². The van der Waals surface area contributed by atoms with E-state index >= 15 is 0 Å². The van der Waals surface area contributed by atoms with Crippen LogP contribution in [0.5, 0.6) is 11.5 Å². The zero-order valence-corrected chi connectivity index (χ0v) is 19.8. The van der Waals surface area contributed by atoms with Crippen molar-refractivity contribution < 1.29 is 22.7 Å². The predicted molar refractivity (Wildman–Crippen MR) is 126 cm³/mol. The molecule has 11 heteroatoms. The van der Waals surface area contributed by atoms with Crippen molar-refractivity contribution in [3.63, 3.8) is 0 Å². The highest BCUT2D eigenvalue weighted by Gasteiger charge is 2.20. The molecular formula is C21H20ClN3O5S2. The quantitative estimate of drug-likeness (QED) is 0.358. The third-order valence-corrected chi connectivity index (χ3v) is 6.83. The maximum absolute atomic E-state index is 12.7. The van der Waals surface area contributed by atoms with Crippen LogP contribution >= 0.6 is 22.9 Å². The van der Waals surface area contributed by atoms with Gasteiger partial charge in [0.1, 0.15) is 16.4 Å². The van der Waals surface area contributed by atoms with Gasteiger partial charge in [-0.1, -0.05) is 23.7 Å². The minimum absolute atomic E-state index is 0.0657. The van der Waals surface area contributed by atoms with Gasteiger partial charge in [0.05, 0.1) is 29.1 Å². The van der Waals surface area contributed by atoms with Crippen LogP contribution in [0.1, 0.15) is 22.2 Å². The lowest BCUT2D eigenvalue weighted by Crippen LogP contribution is -2.20. The van der Waals surface area contributed by atoms with E-state index in [2.05, 4.69) is 15.2 Å². The second-order valence-electron chi connectivity index (χ2n) is 6.44. The number of amides is 1. The van der Waals surface area contributed by atoms with E-state index in [1.54, 1.807) is 43.3 Å².